The van der Waals surface area contributed by atoms with Gasteiger partial charge in [0.1, 0.15) is 17.5 Å². The maximum atomic E-state index is 13.5. The highest BCUT2D eigenvalue weighted by Crippen LogP contribution is 2.28. The smallest absolute Gasteiger partial charge is 0.125 e. The summed E-state index contributed by atoms with van der Waals surface area (Å²) in [4.78, 5) is 10.3. The second-order valence-electron chi connectivity index (χ2n) is 7.99. The normalized spacial score (nSPS) is 17.8. The monoisotopic (exact) mass is 394 g/mol. The van der Waals surface area contributed by atoms with Gasteiger partial charge in [-0.05, 0) is 73.8 Å². The van der Waals surface area contributed by atoms with Crippen LogP contribution in [0.3, 0.4) is 0 Å². The zero-order valence-electron chi connectivity index (χ0n) is 16.2. The number of hydrogen-bond donors (Lipinski definition) is 2. The van der Waals surface area contributed by atoms with Crippen LogP contribution in [0.2, 0.25) is 0 Å². The number of piperidine rings is 1. The number of rotatable bonds is 4. The molecule has 3 heterocycles. The van der Waals surface area contributed by atoms with Gasteiger partial charge in [-0.3, -0.25) is 0 Å². The van der Waals surface area contributed by atoms with Gasteiger partial charge in [-0.15, -0.1) is 0 Å². The molecule has 2 N–H and O–H groups in total. The van der Waals surface area contributed by atoms with Crippen LogP contribution in [0, 0.1) is 17.6 Å². The molecule has 2 aliphatic rings. The molecule has 0 unspecified atom stereocenters. The van der Waals surface area contributed by atoms with Crippen molar-refractivity contribution >= 4 is 22.4 Å². The fourth-order valence-corrected chi connectivity index (χ4v) is 4.46. The number of nitrogens with one attached hydrogen (secondary N) is 2. The molecule has 0 amide bonds. The summed E-state index contributed by atoms with van der Waals surface area (Å²) < 4.78 is 26.9. The summed E-state index contributed by atoms with van der Waals surface area (Å²) >= 11 is 0. The average molecular weight is 394 g/mol. The van der Waals surface area contributed by atoms with Crippen LogP contribution in [-0.4, -0.2) is 35.4 Å². The molecule has 6 heteroatoms. The van der Waals surface area contributed by atoms with E-state index in [0.717, 1.165) is 73.4 Å². The van der Waals surface area contributed by atoms with Crippen molar-refractivity contribution < 1.29 is 8.78 Å². The Morgan fingerprint density at radius 3 is 2.69 bits per heavy atom. The minimum absolute atomic E-state index is 0.211. The summed E-state index contributed by atoms with van der Waals surface area (Å²) in [7, 11) is 0. The van der Waals surface area contributed by atoms with E-state index in [2.05, 4.69) is 15.2 Å². The highest BCUT2D eigenvalue weighted by Gasteiger charge is 2.25. The maximum Gasteiger partial charge on any atom is 0.125 e. The molecule has 150 valence electrons. The van der Waals surface area contributed by atoms with Crippen molar-refractivity contribution in [3.05, 3.63) is 65.4 Å². The summed E-state index contributed by atoms with van der Waals surface area (Å²) in [5.41, 5.74) is 3.90. The van der Waals surface area contributed by atoms with Gasteiger partial charge < -0.3 is 15.2 Å². The summed E-state index contributed by atoms with van der Waals surface area (Å²) in [5.74, 6) is 0.960. The molecular weight excluding hydrogens is 370 g/mol. The molecule has 1 aromatic heterocycles. The third-order valence-corrected chi connectivity index (χ3v) is 6.15. The van der Waals surface area contributed by atoms with Crippen LogP contribution in [0.15, 0.2) is 47.6 Å². The quantitative estimate of drug-likeness (QED) is 0.683. The van der Waals surface area contributed by atoms with Gasteiger partial charge in [0.15, 0.2) is 0 Å². The van der Waals surface area contributed by atoms with Crippen LogP contribution in [0.4, 0.5) is 14.5 Å². The zero-order valence-corrected chi connectivity index (χ0v) is 16.2. The molecule has 0 aliphatic carbocycles. The van der Waals surface area contributed by atoms with Crippen LogP contribution in [0.25, 0.3) is 10.9 Å². The minimum Gasteiger partial charge on any atom is -0.369 e. The Bertz CT molecular complexity index is 1060. The van der Waals surface area contributed by atoms with E-state index in [9.17, 15) is 8.78 Å². The van der Waals surface area contributed by atoms with E-state index in [1.165, 1.54) is 23.8 Å². The molecule has 0 atom stereocenters. The number of H-pyrrole nitrogens is 1. The number of aromatic nitrogens is 1. The molecule has 4 nitrogen and oxygen atoms in total. The number of aromatic amines is 1. The Morgan fingerprint density at radius 2 is 1.83 bits per heavy atom. The fraction of sp³-hybridized carbons (Fsp3) is 0.348. The number of fused-ring (bicyclic) bond motifs is 2. The second kappa shape index (κ2) is 7.59. The molecule has 29 heavy (non-hydrogen) atoms. The first-order valence-electron chi connectivity index (χ1n) is 10.2. The first kappa shape index (κ1) is 18.3. The first-order valence-corrected chi connectivity index (χ1v) is 10.2. The number of benzene rings is 2. The molecule has 0 spiro atoms. The van der Waals surface area contributed by atoms with Crippen molar-refractivity contribution in [2.24, 2.45) is 10.9 Å². The molecule has 0 radical (unpaired) electrons. The lowest BCUT2D eigenvalue weighted by Gasteiger charge is -2.33. The molecule has 2 aliphatic heterocycles. The third-order valence-electron chi connectivity index (χ3n) is 6.15. The van der Waals surface area contributed by atoms with E-state index in [1.807, 2.05) is 12.3 Å². The Morgan fingerprint density at radius 1 is 1.03 bits per heavy atom. The van der Waals surface area contributed by atoms with Gasteiger partial charge in [0, 0.05) is 36.1 Å². The van der Waals surface area contributed by atoms with Crippen LogP contribution in [-0.2, 0) is 13.0 Å². The number of aliphatic imine (C=N–C) groups is 1. The fourth-order valence-electron chi connectivity index (χ4n) is 4.46. The standard InChI is InChI=1S/C23H24F2N4/c24-18-2-1-17-14-27-23(28-21(17)11-18)15-5-8-29(9-6-15)10-7-16-13-26-22-12-19(25)3-4-20(16)22/h1-4,11-13,15,26H,5-10,14H2,(H,27,28). The van der Waals surface area contributed by atoms with Crippen molar-refractivity contribution in [3.8, 4) is 0 Å². The van der Waals surface area contributed by atoms with Crippen molar-refractivity contribution in [2.45, 2.75) is 25.8 Å². The van der Waals surface area contributed by atoms with Crippen molar-refractivity contribution in [1.29, 1.82) is 0 Å². The Kier molecular flexibility index (Phi) is 4.79. The molecule has 0 bridgehead atoms. The predicted molar refractivity (Wildman–Crippen MR) is 111 cm³/mol. The summed E-state index contributed by atoms with van der Waals surface area (Å²) in [6.45, 7) is 3.76. The highest BCUT2D eigenvalue weighted by molar-refractivity contribution is 5.89. The average Bonchev–Trinajstić information content (AvgIpc) is 3.14. The summed E-state index contributed by atoms with van der Waals surface area (Å²) in [6, 6.07) is 9.75. The van der Waals surface area contributed by atoms with Gasteiger partial charge in [0.05, 0.1) is 5.69 Å². The number of nitrogens with zero attached hydrogens (tertiary/aromatic N) is 2. The van der Waals surface area contributed by atoms with Crippen molar-refractivity contribution in [1.82, 2.24) is 15.2 Å². The van der Waals surface area contributed by atoms with Gasteiger partial charge in [0.2, 0.25) is 0 Å². The molecule has 2 aromatic carbocycles. The number of halogens is 2. The van der Waals surface area contributed by atoms with E-state index < -0.39 is 0 Å². The lowest BCUT2D eigenvalue weighted by molar-refractivity contribution is 0.210. The maximum absolute atomic E-state index is 13.5. The van der Waals surface area contributed by atoms with Crippen LogP contribution in [0.5, 0.6) is 0 Å². The number of amidine groups is 1. The lowest BCUT2D eigenvalue weighted by Crippen LogP contribution is -2.41. The first-order chi connectivity index (χ1) is 14.2. The van der Waals surface area contributed by atoms with E-state index in [4.69, 9.17) is 4.99 Å². The van der Waals surface area contributed by atoms with Gasteiger partial charge >= 0.3 is 0 Å². The SMILES string of the molecule is Fc1ccc2c(c1)N=C(C1CCN(CCc3c[nH]c4cc(F)ccc34)CC1)NC2. The third kappa shape index (κ3) is 3.77. The van der Waals surface area contributed by atoms with E-state index in [-0.39, 0.29) is 11.6 Å². The molecule has 1 fully saturated rings. The van der Waals surface area contributed by atoms with Gasteiger partial charge in [-0.2, -0.15) is 0 Å². The lowest BCUT2D eigenvalue weighted by atomic mass is 9.94. The molecule has 0 saturated carbocycles. The molecular formula is C23H24F2N4. The summed E-state index contributed by atoms with van der Waals surface area (Å²) in [5, 5.41) is 4.54. The topological polar surface area (TPSA) is 43.4 Å². The van der Waals surface area contributed by atoms with E-state index in [1.54, 1.807) is 12.1 Å². The minimum atomic E-state index is -0.233. The predicted octanol–water partition coefficient (Wildman–Crippen LogP) is 4.53. The highest BCUT2D eigenvalue weighted by atomic mass is 19.1. The molecule has 5 rings (SSSR count). The zero-order chi connectivity index (χ0) is 19.8. The van der Waals surface area contributed by atoms with Crippen molar-refractivity contribution in [2.75, 3.05) is 19.6 Å². The summed E-state index contributed by atoms with van der Waals surface area (Å²) in [6.07, 6.45) is 5.04. The van der Waals surface area contributed by atoms with E-state index in [0.29, 0.717) is 5.92 Å². The van der Waals surface area contributed by atoms with E-state index >= 15 is 0 Å². The Labute approximate surface area is 168 Å². The van der Waals surface area contributed by atoms with Gasteiger partial charge in [-0.1, -0.05) is 6.07 Å². The molecule has 1 saturated heterocycles. The van der Waals surface area contributed by atoms with Gasteiger partial charge in [-0.25, -0.2) is 13.8 Å². The Hall–Kier alpha value is -2.73. The van der Waals surface area contributed by atoms with Crippen LogP contribution < -0.4 is 5.32 Å². The second-order valence-corrected chi connectivity index (χ2v) is 7.99. The van der Waals surface area contributed by atoms with Crippen LogP contribution >= 0.6 is 0 Å². The largest absolute Gasteiger partial charge is 0.369 e. The number of likely N-dealkylation sites (tertiary alicyclic amines) is 1. The van der Waals surface area contributed by atoms with Crippen molar-refractivity contribution in [3.63, 3.8) is 0 Å². The number of hydrogen-bond acceptors (Lipinski definition) is 3. The van der Waals surface area contributed by atoms with Gasteiger partial charge in [0.25, 0.3) is 0 Å². The van der Waals surface area contributed by atoms with Crippen LogP contribution in [0.1, 0.15) is 24.0 Å². The molecule has 3 aromatic rings. The Balaban J connectivity index is 1.19.